The van der Waals surface area contributed by atoms with Crippen LogP contribution in [0.2, 0.25) is 0 Å². The molecule has 3 rings (SSSR count). The number of hydrogen-bond acceptors (Lipinski definition) is 9. The van der Waals surface area contributed by atoms with Crippen LogP contribution in [0.25, 0.3) is 0 Å². The van der Waals surface area contributed by atoms with Gasteiger partial charge in [-0.1, -0.05) is 12.1 Å². The Bertz CT molecular complexity index is 1260. The molecule has 1 N–H and O–H groups in total. The van der Waals surface area contributed by atoms with Crippen molar-refractivity contribution in [1.82, 2.24) is 5.43 Å². The van der Waals surface area contributed by atoms with Gasteiger partial charge in [0.05, 0.1) is 30.4 Å². The van der Waals surface area contributed by atoms with E-state index in [2.05, 4.69) is 10.5 Å². The van der Waals surface area contributed by atoms with Crippen molar-refractivity contribution < 1.29 is 33.5 Å². The Hall–Kier alpha value is -4.93. The lowest BCUT2D eigenvalue weighted by molar-refractivity contribution is -0.385. The van der Waals surface area contributed by atoms with E-state index in [0.29, 0.717) is 29.2 Å². The molecule has 11 heteroatoms. The van der Waals surface area contributed by atoms with Gasteiger partial charge in [0, 0.05) is 6.07 Å². The third-order valence-electron chi connectivity index (χ3n) is 4.62. The summed E-state index contributed by atoms with van der Waals surface area (Å²) in [5, 5.41) is 14.9. The molecule has 3 aromatic carbocycles. The van der Waals surface area contributed by atoms with Crippen LogP contribution in [0.4, 0.5) is 5.69 Å². The number of nitrogens with one attached hydrogen (secondary N) is 1. The van der Waals surface area contributed by atoms with E-state index in [4.69, 9.17) is 18.9 Å². The number of ether oxygens (including phenoxy) is 4. The van der Waals surface area contributed by atoms with Gasteiger partial charge in [-0.25, -0.2) is 10.2 Å². The lowest BCUT2D eigenvalue weighted by atomic mass is 10.2. The Kier molecular flexibility index (Phi) is 8.93. The van der Waals surface area contributed by atoms with Crippen LogP contribution in [-0.2, 0) is 4.79 Å². The second kappa shape index (κ2) is 12.5. The SMILES string of the molecule is CCOc1cc(C=NNC(=O)COc2ccccc2[N+](=O)[O-])ccc1OC(=O)c1ccc(OC)cc1. The van der Waals surface area contributed by atoms with Crippen LogP contribution >= 0.6 is 0 Å². The number of hydrazone groups is 1. The fourth-order valence-electron chi connectivity index (χ4n) is 2.93. The van der Waals surface area contributed by atoms with Crippen molar-refractivity contribution >= 4 is 23.8 Å². The predicted octanol–water partition coefficient (Wildman–Crippen LogP) is 3.75. The highest BCUT2D eigenvalue weighted by Crippen LogP contribution is 2.29. The summed E-state index contributed by atoms with van der Waals surface area (Å²) in [6.07, 6.45) is 1.36. The zero-order chi connectivity index (χ0) is 25.9. The first-order valence-corrected chi connectivity index (χ1v) is 10.7. The van der Waals surface area contributed by atoms with Crippen molar-refractivity contribution in [3.05, 3.63) is 88.0 Å². The van der Waals surface area contributed by atoms with Crippen molar-refractivity contribution in [2.75, 3.05) is 20.3 Å². The summed E-state index contributed by atoms with van der Waals surface area (Å²) in [5.74, 6) is -0.0514. The Morgan fingerprint density at radius 1 is 1.00 bits per heavy atom. The summed E-state index contributed by atoms with van der Waals surface area (Å²) in [5.41, 5.74) is 2.93. The maximum absolute atomic E-state index is 12.5. The maximum atomic E-state index is 12.5. The molecule has 0 bridgehead atoms. The van der Waals surface area contributed by atoms with Gasteiger partial charge in [0.25, 0.3) is 5.91 Å². The molecule has 1 amide bonds. The molecule has 0 aliphatic heterocycles. The van der Waals surface area contributed by atoms with Crippen LogP contribution in [0.15, 0.2) is 71.8 Å². The molecule has 0 fully saturated rings. The van der Waals surface area contributed by atoms with Crippen molar-refractivity contribution in [1.29, 1.82) is 0 Å². The zero-order valence-electron chi connectivity index (χ0n) is 19.5. The molecule has 0 aromatic heterocycles. The average molecular weight is 493 g/mol. The molecule has 186 valence electrons. The van der Waals surface area contributed by atoms with E-state index in [1.807, 2.05) is 0 Å². The topological polar surface area (TPSA) is 139 Å². The molecular weight excluding hydrogens is 470 g/mol. The van der Waals surface area contributed by atoms with Gasteiger partial charge < -0.3 is 18.9 Å². The molecular formula is C25H23N3O8. The van der Waals surface area contributed by atoms with Gasteiger partial charge in [-0.3, -0.25) is 14.9 Å². The number of carbonyl (C=O) groups excluding carboxylic acids is 2. The molecule has 0 aliphatic rings. The van der Waals surface area contributed by atoms with Gasteiger partial charge in [0.1, 0.15) is 5.75 Å². The summed E-state index contributed by atoms with van der Waals surface area (Å²) in [6, 6.07) is 17.0. The van der Waals surface area contributed by atoms with Gasteiger partial charge in [-0.15, -0.1) is 0 Å². The molecule has 11 nitrogen and oxygen atoms in total. The molecule has 0 unspecified atom stereocenters. The highest BCUT2D eigenvalue weighted by Gasteiger charge is 2.15. The van der Waals surface area contributed by atoms with Crippen molar-refractivity contribution in [2.24, 2.45) is 5.10 Å². The minimum absolute atomic E-state index is 0.0252. The Morgan fingerprint density at radius 3 is 2.44 bits per heavy atom. The lowest BCUT2D eigenvalue weighted by Crippen LogP contribution is -2.24. The number of para-hydroxylation sites is 2. The van der Waals surface area contributed by atoms with Crippen LogP contribution in [0.3, 0.4) is 0 Å². The van der Waals surface area contributed by atoms with Crippen LogP contribution in [0.5, 0.6) is 23.0 Å². The molecule has 3 aromatic rings. The normalized spacial score (nSPS) is 10.5. The Morgan fingerprint density at radius 2 is 1.75 bits per heavy atom. The Balaban J connectivity index is 1.60. The second-order valence-corrected chi connectivity index (χ2v) is 7.06. The first kappa shape index (κ1) is 25.7. The molecule has 0 saturated carbocycles. The molecule has 0 saturated heterocycles. The van der Waals surface area contributed by atoms with Gasteiger partial charge in [-0.05, 0) is 61.0 Å². The summed E-state index contributed by atoms with van der Waals surface area (Å²) < 4.78 is 21.3. The average Bonchev–Trinajstić information content (AvgIpc) is 2.89. The van der Waals surface area contributed by atoms with Crippen LogP contribution in [-0.4, -0.2) is 43.3 Å². The number of nitrogens with zero attached hydrogens (tertiary/aromatic N) is 2. The number of amides is 1. The van der Waals surface area contributed by atoms with Gasteiger partial charge in [0.2, 0.25) is 0 Å². The van der Waals surface area contributed by atoms with E-state index in [1.54, 1.807) is 55.5 Å². The fraction of sp³-hybridized carbons (Fsp3) is 0.160. The number of nitro benzene ring substituents is 1. The molecule has 0 heterocycles. The third kappa shape index (κ3) is 7.03. The van der Waals surface area contributed by atoms with Crippen LogP contribution in [0, 0.1) is 10.1 Å². The summed E-state index contributed by atoms with van der Waals surface area (Å²) in [4.78, 5) is 34.9. The van der Waals surface area contributed by atoms with Crippen LogP contribution < -0.4 is 24.4 Å². The van der Waals surface area contributed by atoms with Crippen molar-refractivity contribution in [2.45, 2.75) is 6.92 Å². The van der Waals surface area contributed by atoms with E-state index in [0.717, 1.165) is 0 Å². The van der Waals surface area contributed by atoms with E-state index in [1.165, 1.54) is 31.5 Å². The van der Waals surface area contributed by atoms with Crippen LogP contribution in [0.1, 0.15) is 22.8 Å². The predicted molar refractivity (Wildman–Crippen MR) is 130 cm³/mol. The lowest BCUT2D eigenvalue weighted by Gasteiger charge is -2.11. The minimum Gasteiger partial charge on any atom is -0.497 e. The number of hydrogen-bond donors (Lipinski definition) is 1. The van der Waals surface area contributed by atoms with Crippen molar-refractivity contribution in [3.63, 3.8) is 0 Å². The molecule has 0 spiro atoms. The van der Waals surface area contributed by atoms with E-state index in [9.17, 15) is 19.7 Å². The van der Waals surface area contributed by atoms with Gasteiger partial charge >= 0.3 is 11.7 Å². The largest absolute Gasteiger partial charge is 0.497 e. The smallest absolute Gasteiger partial charge is 0.343 e. The summed E-state index contributed by atoms with van der Waals surface area (Å²) in [7, 11) is 1.53. The van der Waals surface area contributed by atoms with Gasteiger partial charge in [0.15, 0.2) is 23.9 Å². The summed E-state index contributed by atoms with van der Waals surface area (Å²) >= 11 is 0. The quantitative estimate of drug-likeness (QED) is 0.140. The van der Waals surface area contributed by atoms with Crippen molar-refractivity contribution in [3.8, 4) is 23.0 Å². The van der Waals surface area contributed by atoms with E-state index < -0.39 is 23.4 Å². The van der Waals surface area contributed by atoms with E-state index in [-0.39, 0.29) is 17.2 Å². The monoisotopic (exact) mass is 493 g/mol. The Labute approximate surface area is 206 Å². The third-order valence-corrected chi connectivity index (χ3v) is 4.62. The standard InChI is InChI=1S/C25H23N3O8/c1-3-34-23-14-17(8-13-22(23)36-25(30)18-9-11-19(33-2)12-10-18)15-26-27-24(29)16-35-21-7-5-4-6-20(21)28(31)32/h4-15H,3,16H2,1-2H3,(H,27,29). The zero-order valence-corrected chi connectivity index (χ0v) is 19.5. The highest BCUT2D eigenvalue weighted by atomic mass is 16.6. The first-order valence-electron chi connectivity index (χ1n) is 10.7. The second-order valence-electron chi connectivity index (χ2n) is 7.06. The summed E-state index contributed by atoms with van der Waals surface area (Å²) in [6.45, 7) is 1.65. The maximum Gasteiger partial charge on any atom is 0.343 e. The van der Waals surface area contributed by atoms with Gasteiger partial charge in [-0.2, -0.15) is 5.10 Å². The van der Waals surface area contributed by atoms with E-state index >= 15 is 0 Å². The molecule has 0 radical (unpaired) electrons. The molecule has 0 aliphatic carbocycles. The number of methoxy groups -OCH3 is 1. The molecule has 36 heavy (non-hydrogen) atoms. The first-order chi connectivity index (χ1) is 17.4. The molecule has 0 atom stereocenters. The fourth-order valence-corrected chi connectivity index (χ4v) is 2.93. The number of rotatable bonds is 11. The number of esters is 1. The number of benzene rings is 3. The number of nitro groups is 1. The minimum atomic E-state index is -0.612. The highest BCUT2D eigenvalue weighted by molar-refractivity contribution is 5.92. The number of carbonyl (C=O) groups is 2.